The van der Waals surface area contributed by atoms with Gasteiger partial charge in [-0.15, -0.1) is 0 Å². The number of halogens is 3. The van der Waals surface area contributed by atoms with Crippen molar-refractivity contribution in [1.82, 2.24) is 4.31 Å². The van der Waals surface area contributed by atoms with Crippen LogP contribution in [0.5, 0.6) is 0 Å². The van der Waals surface area contributed by atoms with E-state index in [-0.39, 0.29) is 13.1 Å². The van der Waals surface area contributed by atoms with Gasteiger partial charge in [-0.05, 0) is 61.0 Å². The molecule has 0 aromatic heterocycles. The molecule has 0 aliphatic carbocycles. The first kappa shape index (κ1) is 24.0. The summed E-state index contributed by atoms with van der Waals surface area (Å²) in [6, 6.07) is 18.7. The summed E-state index contributed by atoms with van der Waals surface area (Å²) in [6.45, 7) is 3.08. The van der Waals surface area contributed by atoms with Crippen molar-refractivity contribution in [3.8, 4) is 0 Å². The Hall–Kier alpha value is -2.69. The van der Waals surface area contributed by atoms with Gasteiger partial charge in [0.2, 0.25) is 10.0 Å². The SMILES string of the molecule is CC(c1ccc2c(c1)Nc1ccccc1S2)S(=O)(=O)N1CCN(c2ccc(C(F)(F)F)cc2)CC1. The number of piperazine rings is 1. The molecule has 2 aliphatic rings. The molecular formula is C25H24F3N3O2S2. The fourth-order valence-electron chi connectivity index (χ4n) is 4.37. The molecule has 0 spiro atoms. The fraction of sp³-hybridized carbons (Fsp3) is 0.280. The first-order valence-corrected chi connectivity index (χ1v) is 13.5. The van der Waals surface area contributed by atoms with Crippen molar-refractivity contribution in [1.29, 1.82) is 0 Å². The molecule has 1 fully saturated rings. The highest BCUT2D eigenvalue weighted by atomic mass is 32.2. The van der Waals surface area contributed by atoms with Crippen LogP contribution in [0.1, 0.15) is 23.3 Å². The number of para-hydroxylation sites is 1. The summed E-state index contributed by atoms with van der Waals surface area (Å²) in [4.78, 5) is 4.08. The maximum Gasteiger partial charge on any atom is 0.416 e. The molecule has 2 aliphatic heterocycles. The van der Waals surface area contributed by atoms with E-state index < -0.39 is 27.0 Å². The third-order valence-corrected chi connectivity index (χ3v) is 9.86. The van der Waals surface area contributed by atoms with E-state index in [0.717, 1.165) is 33.3 Å². The van der Waals surface area contributed by atoms with Gasteiger partial charge >= 0.3 is 6.18 Å². The van der Waals surface area contributed by atoms with Crippen LogP contribution < -0.4 is 10.2 Å². The van der Waals surface area contributed by atoms with Crippen LogP contribution in [0.3, 0.4) is 0 Å². The number of fused-ring (bicyclic) bond motifs is 2. The van der Waals surface area contributed by atoms with Crippen molar-refractivity contribution in [2.45, 2.75) is 28.1 Å². The first-order chi connectivity index (χ1) is 16.6. The van der Waals surface area contributed by atoms with Crippen LogP contribution in [0.2, 0.25) is 0 Å². The largest absolute Gasteiger partial charge is 0.416 e. The molecule has 1 N–H and O–H groups in total. The molecule has 5 nitrogen and oxygen atoms in total. The van der Waals surface area contributed by atoms with Crippen LogP contribution in [0.15, 0.2) is 76.5 Å². The first-order valence-electron chi connectivity index (χ1n) is 11.2. The second-order valence-corrected chi connectivity index (χ2v) is 11.9. The van der Waals surface area contributed by atoms with Gasteiger partial charge < -0.3 is 10.2 Å². The van der Waals surface area contributed by atoms with E-state index in [0.29, 0.717) is 24.3 Å². The molecule has 0 amide bonds. The number of hydrogen-bond acceptors (Lipinski definition) is 5. The number of anilines is 3. The topological polar surface area (TPSA) is 52.7 Å². The Morgan fingerprint density at radius 1 is 0.886 bits per heavy atom. The number of hydrogen-bond donors (Lipinski definition) is 1. The average Bonchev–Trinajstić information content (AvgIpc) is 2.86. The maximum atomic E-state index is 13.4. The molecule has 1 saturated heterocycles. The predicted molar refractivity (Wildman–Crippen MR) is 133 cm³/mol. The zero-order chi connectivity index (χ0) is 24.8. The number of benzene rings is 3. The molecule has 3 aromatic rings. The van der Waals surface area contributed by atoms with E-state index >= 15 is 0 Å². The number of alkyl halides is 3. The molecule has 1 atom stereocenters. The van der Waals surface area contributed by atoms with E-state index in [1.165, 1.54) is 16.4 Å². The molecule has 0 saturated carbocycles. The van der Waals surface area contributed by atoms with Gasteiger partial charge in [-0.2, -0.15) is 17.5 Å². The Bertz CT molecular complexity index is 1340. The van der Waals surface area contributed by atoms with Gasteiger partial charge in [0.05, 0.1) is 22.2 Å². The van der Waals surface area contributed by atoms with Crippen LogP contribution in [0, 0.1) is 0 Å². The molecule has 2 heterocycles. The quantitative estimate of drug-likeness (QED) is 0.352. The minimum Gasteiger partial charge on any atom is -0.369 e. The van der Waals surface area contributed by atoms with Crippen molar-refractivity contribution >= 4 is 38.8 Å². The van der Waals surface area contributed by atoms with Gasteiger partial charge in [0, 0.05) is 41.7 Å². The smallest absolute Gasteiger partial charge is 0.369 e. The third kappa shape index (κ3) is 4.74. The Morgan fingerprint density at radius 3 is 2.23 bits per heavy atom. The lowest BCUT2D eigenvalue weighted by Crippen LogP contribution is -2.49. The fourth-order valence-corrected chi connectivity index (χ4v) is 6.95. The molecule has 1 unspecified atom stereocenters. The van der Waals surface area contributed by atoms with Crippen molar-refractivity contribution < 1.29 is 21.6 Å². The average molecular weight is 520 g/mol. The molecule has 0 radical (unpaired) electrons. The highest BCUT2D eigenvalue weighted by molar-refractivity contribution is 7.99. The second kappa shape index (κ2) is 9.07. The van der Waals surface area contributed by atoms with E-state index in [1.807, 2.05) is 47.4 Å². The minimum absolute atomic E-state index is 0.278. The molecule has 5 rings (SSSR count). The molecular weight excluding hydrogens is 495 g/mol. The Labute approximate surface area is 207 Å². The number of nitrogens with one attached hydrogen (secondary N) is 1. The number of rotatable bonds is 4. The van der Waals surface area contributed by atoms with Gasteiger partial charge in [0.15, 0.2) is 0 Å². The monoisotopic (exact) mass is 519 g/mol. The van der Waals surface area contributed by atoms with Crippen molar-refractivity contribution in [3.05, 3.63) is 77.9 Å². The third-order valence-electron chi connectivity index (χ3n) is 6.45. The van der Waals surface area contributed by atoms with Crippen LogP contribution in [0.25, 0.3) is 0 Å². The molecule has 184 valence electrons. The summed E-state index contributed by atoms with van der Waals surface area (Å²) in [5, 5.41) is 2.67. The van der Waals surface area contributed by atoms with Gasteiger partial charge in [-0.25, -0.2) is 8.42 Å². The summed E-state index contributed by atoms with van der Waals surface area (Å²) in [7, 11) is -3.61. The van der Waals surface area contributed by atoms with E-state index in [4.69, 9.17) is 0 Å². The van der Waals surface area contributed by atoms with Crippen molar-refractivity contribution in [2.75, 3.05) is 36.4 Å². The summed E-state index contributed by atoms with van der Waals surface area (Å²) in [5.74, 6) is 0. The number of sulfonamides is 1. The predicted octanol–water partition coefficient (Wildman–Crippen LogP) is 6.13. The second-order valence-electron chi connectivity index (χ2n) is 8.60. The highest BCUT2D eigenvalue weighted by Crippen LogP contribution is 2.45. The normalized spacial score (nSPS) is 17.3. The Balaban J connectivity index is 1.27. The van der Waals surface area contributed by atoms with Gasteiger partial charge in [0.1, 0.15) is 0 Å². The standard InChI is InChI=1S/C25H24F3N3O2S2/c1-17(18-6-11-24-22(16-18)29-21-4-2-3-5-23(21)34-24)35(32,33)31-14-12-30(13-15-31)20-9-7-19(8-10-20)25(26,27)28/h2-11,16-17,29H,12-15H2,1H3. The summed E-state index contributed by atoms with van der Waals surface area (Å²) in [6.07, 6.45) is -4.38. The van der Waals surface area contributed by atoms with Gasteiger partial charge in [-0.1, -0.05) is 30.0 Å². The molecule has 3 aromatic carbocycles. The highest BCUT2D eigenvalue weighted by Gasteiger charge is 2.34. The van der Waals surface area contributed by atoms with Crippen LogP contribution in [0.4, 0.5) is 30.2 Å². The summed E-state index contributed by atoms with van der Waals surface area (Å²) >= 11 is 1.65. The van der Waals surface area contributed by atoms with E-state index in [1.54, 1.807) is 18.7 Å². The van der Waals surface area contributed by atoms with Crippen LogP contribution in [-0.4, -0.2) is 38.9 Å². The lowest BCUT2D eigenvalue weighted by molar-refractivity contribution is -0.137. The zero-order valence-corrected chi connectivity index (χ0v) is 20.6. The maximum absolute atomic E-state index is 13.4. The lowest BCUT2D eigenvalue weighted by Gasteiger charge is -2.36. The van der Waals surface area contributed by atoms with Crippen LogP contribution >= 0.6 is 11.8 Å². The van der Waals surface area contributed by atoms with Gasteiger partial charge in [0.25, 0.3) is 0 Å². The molecule has 0 bridgehead atoms. The minimum atomic E-state index is -4.38. The zero-order valence-electron chi connectivity index (χ0n) is 18.9. The summed E-state index contributed by atoms with van der Waals surface area (Å²) in [5.41, 5.74) is 2.55. The van der Waals surface area contributed by atoms with Crippen LogP contribution in [-0.2, 0) is 16.2 Å². The van der Waals surface area contributed by atoms with E-state index in [2.05, 4.69) is 5.32 Å². The Morgan fingerprint density at radius 2 is 1.54 bits per heavy atom. The Kier molecular flexibility index (Phi) is 6.23. The number of nitrogens with zero attached hydrogens (tertiary/aromatic N) is 2. The molecule has 35 heavy (non-hydrogen) atoms. The lowest BCUT2D eigenvalue weighted by atomic mass is 10.1. The van der Waals surface area contributed by atoms with Gasteiger partial charge in [-0.3, -0.25) is 0 Å². The van der Waals surface area contributed by atoms with E-state index in [9.17, 15) is 21.6 Å². The van der Waals surface area contributed by atoms with Crippen molar-refractivity contribution in [2.24, 2.45) is 0 Å². The molecule has 10 heteroatoms. The summed E-state index contributed by atoms with van der Waals surface area (Å²) < 4.78 is 66.8. The van der Waals surface area contributed by atoms with Crippen molar-refractivity contribution in [3.63, 3.8) is 0 Å².